The summed E-state index contributed by atoms with van der Waals surface area (Å²) in [6.07, 6.45) is 0.224. The van der Waals surface area contributed by atoms with Gasteiger partial charge in [0.25, 0.3) is 0 Å². The molecule has 0 aliphatic heterocycles. The van der Waals surface area contributed by atoms with Crippen LogP contribution in [-0.4, -0.2) is 24.4 Å². The molecule has 0 heterocycles. The summed E-state index contributed by atoms with van der Waals surface area (Å²) in [7, 11) is 0. The summed E-state index contributed by atoms with van der Waals surface area (Å²) < 4.78 is 10.8. The van der Waals surface area contributed by atoms with Gasteiger partial charge < -0.3 is 14.6 Å². The van der Waals surface area contributed by atoms with E-state index in [9.17, 15) is 0 Å². The summed E-state index contributed by atoms with van der Waals surface area (Å²) >= 11 is 0. The van der Waals surface area contributed by atoms with Gasteiger partial charge in [0, 0.05) is 5.56 Å². The number of hydrogen-bond donors (Lipinski definition) is 1. The van der Waals surface area contributed by atoms with Crippen LogP contribution in [0.5, 0.6) is 5.75 Å². The molecule has 15 heavy (non-hydrogen) atoms. The summed E-state index contributed by atoms with van der Waals surface area (Å²) in [5.41, 5.74) is 0.807. The van der Waals surface area contributed by atoms with Crippen molar-refractivity contribution in [1.29, 1.82) is 0 Å². The molecule has 1 N–H and O–H groups in total. The highest BCUT2D eigenvalue weighted by molar-refractivity contribution is 5.32. The highest BCUT2D eigenvalue weighted by atomic mass is 16.5. The van der Waals surface area contributed by atoms with Crippen molar-refractivity contribution >= 4 is 0 Å². The van der Waals surface area contributed by atoms with Gasteiger partial charge in [-0.15, -0.1) is 0 Å². The third-order valence-corrected chi connectivity index (χ3v) is 1.94. The van der Waals surface area contributed by atoms with Crippen molar-refractivity contribution in [3.05, 3.63) is 29.8 Å². The lowest BCUT2D eigenvalue weighted by molar-refractivity contribution is 0.0547. The maximum Gasteiger partial charge on any atom is 0.124 e. The van der Waals surface area contributed by atoms with E-state index < -0.39 is 0 Å². The topological polar surface area (TPSA) is 38.7 Å². The van der Waals surface area contributed by atoms with Crippen molar-refractivity contribution in [2.75, 3.05) is 13.2 Å². The van der Waals surface area contributed by atoms with Gasteiger partial charge in [-0.1, -0.05) is 18.2 Å². The van der Waals surface area contributed by atoms with Crippen LogP contribution in [0.3, 0.4) is 0 Å². The maximum absolute atomic E-state index is 9.05. The Morgan fingerprint density at radius 3 is 2.60 bits per heavy atom. The number of para-hydroxylation sites is 1. The van der Waals surface area contributed by atoms with Crippen LogP contribution in [0.15, 0.2) is 24.3 Å². The van der Waals surface area contributed by atoms with Crippen LogP contribution < -0.4 is 4.74 Å². The molecular formula is C12H18O3. The minimum atomic E-state index is 0.00120. The van der Waals surface area contributed by atoms with Crippen LogP contribution in [0.1, 0.15) is 19.4 Å². The Kier molecular flexibility index (Phi) is 5.15. The summed E-state index contributed by atoms with van der Waals surface area (Å²) in [5.74, 6) is 0.729. The fraction of sp³-hybridized carbons (Fsp3) is 0.500. The predicted molar refractivity (Wildman–Crippen MR) is 58.9 cm³/mol. The molecule has 0 radical (unpaired) electrons. The molecule has 0 aliphatic carbocycles. The zero-order valence-electron chi connectivity index (χ0n) is 9.27. The molecule has 84 valence electrons. The fourth-order valence-electron chi connectivity index (χ4n) is 1.21. The first-order valence-electron chi connectivity index (χ1n) is 5.17. The Morgan fingerprint density at radius 2 is 1.93 bits per heavy atom. The van der Waals surface area contributed by atoms with Gasteiger partial charge in [-0.25, -0.2) is 0 Å². The molecular weight excluding hydrogens is 192 g/mol. The van der Waals surface area contributed by atoms with Gasteiger partial charge >= 0.3 is 0 Å². The van der Waals surface area contributed by atoms with E-state index in [-0.39, 0.29) is 12.7 Å². The number of benzene rings is 1. The zero-order chi connectivity index (χ0) is 11.1. The molecule has 1 rings (SSSR count). The summed E-state index contributed by atoms with van der Waals surface area (Å²) in [6, 6.07) is 7.46. The molecule has 3 nitrogen and oxygen atoms in total. The molecule has 0 fully saturated rings. The molecule has 0 amide bonds. The minimum Gasteiger partial charge on any atom is -0.491 e. The molecule has 0 aromatic heterocycles. The largest absolute Gasteiger partial charge is 0.491 e. The van der Waals surface area contributed by atoms with Crippen molar-refractivity contribution in [3.8, 4) is 5.75 Å². The van der Waals surface area contributed by atoms with Gasteiger partial charge in [0.1, 0.15) is 12.4 Å². The Balaban J connectivity index is 2.36. The Morgan fingerprint density at radius 1 is 1.20 bits per heavy atom. The van der Waals surface area contributed by atoms with E-state index in [1.807, 2.05) is 38.1 Å². The van der Waals surface area contributed by atoms with Crippen LogP contribution in [0, 0.1) is 0 Å². The monoisotopic (exact) mass is 210 g/mol. The van der Waals surface area contributed by atoms with E-state index in [0.717, 1.165) is 11.3 Å². The second-order valence-electron chi connectivity index (χ2n) is 3.53. The smallest absolute Gasteiger partial charge is 0.124 e. The molecule has 0 bridgehead atoms. The number of hydrogen-bond acceptors (Lipinski definition) is 3. The quantitative estimate of drug-likeness (QED) is 0.730. The van der Waals surface area contributed by atoms with Crippen molar-refractivity contribution in [2.45, 2.75) is 26.6 Å². The molecule has 0 aliphatic rings. The van der Waals surface area contributed by atoms with Gasteiger partial charge in [0.05, 0.1) is 19.3 Å². The van der Waals surface area contributed by atoms with Crippen molar-refractivity contribution in [2.24, 2.45) is 0 Å². The Labute approximate surface area is 90.6 Å². The SMILES string of the molecule is CC(C)OCCOc1ccccc1CO. The number of rotatable bonds is 6. The minimum absolute atomic E-state index is 0.00120. The van der Waals surface area contributed by atoms with E-state index >= 15 is 0 Å². The molecule has 3 heteroatoms. The van der Waals surface area contributed by atoms with Gasteiger partial charge in [-0.05, 0) is 19.9 Å². The lowest BCUT2D eigenvalue weighted by Gasteiger charge is -2.11. The Hall–Kier alpha value is -1.06. The van der Waals surface area contributed by atoms with Crippen LogP contribution in [-0.2, 0) is 11.3 Å². The molecule has 1 aromatic carbocycles. The Bertz CT molecular complexity index is 284. The van der Waals surface area contributed by atoms with E-state index in [2.05, 4.69) is 0 Å². The number of ether oxygens (including phenoxy) is 2. The number of aliphatic hydroxyl groups is 1. The molecule has 0 unspecified atom stereocenters. The predicted octanol–water partition coefficient (Wildman–Crippen LogP) is 1.98. The van der Waals surface area contributed by atoms with E-state index in [4.69, 9.17) is 14.6 Å². The van der Waals surface area contributed by atoms with Gasteiger partial charge in [-0.3, -0.25) is 0 Å². The normalized spacial score (nSPS) is 10.7. The van der Waals surface area contributed by atoms with E-state index in [1.165, 1.54) is 0 Å². The van der Waals surface area contributed by atoms with Crippen LogP contribution >= 0.6 is 0 Å². The van der Waals surface area contributed by atoms with Crippen LogP contribution in [0.4, 0.5) is 0 Å². The van der Waals surface area contributed by atoms with Crippen molar-refractivity contribution < 1.29 is 14.6 Å². The third kappa shape index (κ3) is 4.32. The molecule has 1 aromatic rings. The zero-order valence-corrected chi connectivity index (χ0v) is 9.27. The van der Waals surface area contributed by atoms with E-state index in [0.29, 0.717) is 13.2 Å². The van der Waals surface area contributed by atoms with Gasteiger partial charge in [0.15, 0.2) is 0 Å². The molecule has 0 saturated heterocycles. The van der Waals surface area contributed by atoms with Crippen molar-refractivity contribution in [1.82, 2.24) is 0 Å². The first kappa shape index (κ1) is 12.0. The lowest BCUT2D eigenvalue weighted by Crippen LogP contribution is -2.11. The molecule has 0 saturated carbocycles. The first-order chi connectivity index (χ1) is 7.24. The standard InChI is InChI=1S/C12H18O3/c1-10(2)14-7-8-15-12-6-4-3-5-11(12)9-13/h3-6,10,13H,7-9H2,1-2H3. The third-order valence-electron chi connectivity index (χ3n) is 1.94. The molecule has 0 atom stereocenters. The van der Waals surface area contributed by atoms with Crippen molar-refractivity contribution in [3.63, 3.8) is 0 Å². The fourth-order valence-corrected chi connectivity index (χ4v) is 1.21. The van der Waals surface area contributed by atoms with Crippen LogP contribution in [0.25, 0.3) is 0 Å². The molecule has 0 spiro atoms. The van der Waals surface area contributed by atoms with Gasteiger partial charge in [0.2, 0.25) is 0 Å². The van der Waals surface area contributed by atoms with Gasteiger partial charge in [-0.2, -0.15) is 0 Å². The number of aliphatic hydroxyl groups excluding tert-OH is 1. The summed E-state index contributed by atoms with van der Waals surface area (Å²) in [4.78, 5) is 0. The average Bonchev–Trinajstić information content (AvgIpc) is 2.24. The van der Waals surface area contributed by atoms with Crippen LogP contribution in [0.2, 0.25) is 0 Å². The lowest BCUT2D eigenvalue weighted by atomic mass is 10.2. The average molecular weight is 210 g/mol. The highest BCUT2D eigenvalue weighted by Crippen LogP contribution is 2.17. The highest BCUT2D eigenvalue weighted by Gasteiger charge is 2.01. The maximum atomic E-state index is 9.05. The second kappa shape index (κ2) is 6.43. The van der Waals surface area contributed by atoms with E-state index in [1.54, 1.807) is 0 Å². The summed E-state index contributed by atoms with van der Waals surface area (Å²) in [6.45, 7) is 5.05. The second-order valence-corrected chi connectivity index (χ2v) is 3.53. The summed E-state index contributed by atoms with van der Waals surface area (Å²) in [5, 5.41) is 9.05. The first-order valence-corrected chi connectivity index (χ1v) is 5.17.